The number of carbonyl (C=O) groups excluding carboxylic acids is 2. The lowest BCUT2D eigenvalue weighted by Crippen LogP contribution is -2.47. The fourth-order valence-electron chi connectivity index (χ4n) is 2.05. The van der Waals surface area contributed by atoms with E-state index in [1.54, 1.807) is 6.07 Å². The van der Waals surface area contributed by atoms with E-state index < -0.39 is 29.6 Å². The van der Waals surface area contributed by atoms with E-state index >= 15 is 0 Å². The standard InChI is InChI=1S/C18H18F2N2O4/c1-11(26-14-6-4-13(19)5-7-14)18(24)22-21-17(23)10-12-3-8-16(25-2)15(20)9-12/h3-9,11H,10H2,1-2H3,(H,21,23)(H,22,24)/t11-/m1/s1. The number of nitrogens with one attached hydrogen (secondary N) is 2. The van der Waals surface area contributed by atoms with Gasteiger partial charge in [0.05, 0.1) is 13.5 Å². The maximum absolute atomic E-state index is 13.6. The average Bonchev–Trinajstić information content (AvgIpc) is 2.61. The second-order valence-electron chi connectivity index (χ2n) is 5.40. The summed E-state index contributed by atoms with van der Waals surface area (Å²) in [7, 11) is 1.34. The van der Waals surface area contributed by atoms with E-state index in [1.807, 2.05) is 0 Å². The molecule has 0 aliphatic carbocycles. The minimum Gasteiger partial charge on any atom is -0.494 e. The fourth-order valence-corrected chi connectivity index (χ4v) is 2.05. The summed E-state index contributed by atoms with van der Waals surface area (Å²) in [6.07, 6.45) is -1.05. The van der Waals surface area contributed by atoms with Gasteiger partial charge in [0.2, 0.25) is 5.91 Å². The summed E-state index contributed by atoms with van der Waals surface area (Å²) in [5, 5.41) is 0. The van der Waals surface area contributed by atoms with Crippen LogP contribution in [0.1, 0.15) is 12.5 Å². The van der Waals surface area contributed by atoms with E-state index in [0.29, 0.717) is 11.3 Å². The van der Waals surface area contributed by atoms with Crippen molar-refractivity contribution < 1.29 is 27.8 Å². The van der Waals surface area contributed by atoms with Crippen LogP contribution in [-0.2, 0) is 16.0 Å². The van der Waals surface area contributed by atoms with Crippen molar-refractivity contribution in [2.45, 2.75) is 19.4 Å². The summed E-state index contributed by atoms with van der Waals surface area (Å²) < 4.78 is 36.5. The van der Waals surface area contributed by atoms with Gasteiger partial charge in [0.15, 0.2) is 17.7 Å². The first-order valence-electron chi connectivity index (χ1n) is 7.72. The second-order valence-corrected chi connectivity index (χ2v) is 5.40. The summed E-state index contributed by atoms with van der Waals surface area (Å²) in [4.78, 5) is 23.7. The van der Waals surface area contributed by atoms with Gasteiger partial charge >= 0.3 is 0 Å². The van der Waals surface area contributed by atoms with Crippen molar-refractivity contribution in [2.75, 3.05) is 7.11 Å². The van der Waals surface area contributed by atoms with Crippen LogP contribution in [-0.4, -0.2) is 25.0 Å². The Hall–Kier alpha value is -3.16. The first kappa shape index (κ1) is 19.2. The van der Waals surface area contributed by atoms with Gasteiger partial charge in [0.1, 0.15) is 11.6 Å². The predicted molar refractivity (Wildman–Crippen MR) is 89.4 cm³/mol. The number of amides is 2. The molecule has 0 radical (unpaired) electrons. The number of hydrazine groups is 1. The number of ether oxygens (including phenoxy) is 2. The van der Waals surface area contributed by atoms with Crippen LogP contribution in [0.25, 0.3) is 0 Å². The summed E-state index contributed by atoms with van der Waals surface area (Å²) in [5.41, 5.74) is 4.86. The number of halogens is 2. The van der Waals surface area contributed by atoms with Crippen molar-refractivity contribution in [3.8, 4) is 11.5 Å². The number of hydrogen-bond acceptors (Lipinski definition) is 4. The van der Waals surface area contributed by atoms with Gasteiger partial charge in [-0.2, -0.15) is 0 Å². The van der Waals surface area contributed by atoms with E-state index in [0.717, 1.165) is 0 Å². The van der Waals surface area contributed by atoms with Crippen LogP contribution in [0.4, 0.5) is 8.78 Å². The molecule has 2 aromatic carbocycles. The minimum absolute atomic E-state index is 0.0780. The normalized spacial score (nSPS) is 11.4. The lowest BCUT2D eigenvalue weighted by molar-refractivity contribution is -0.132. The molecule has 6 nitrogen and oxygen atoms in total. The monoisotopic (exact) mass is 364 g/mol. The summed E-state index contributed by atoms with van der Waals surface area (Å²) >= 11 is 0. The molecule has 0 unspecified atom stereocenters. The quantitative estimate of drug-likeness (QED) is 0.770. The Bertz CT molecular complexity index is 781. The molecule has 8 heteroatoms. The first-order chi connectivity index (χ1) is 12.4. The molecule has 0 saturated carbocycles. The molecule has 2 amide bonds. The van der Waals surface area contributed by atoms with Crippen molar-refractivity contribution in [1.29, 1.82) is 0 Å². The Morgan fingerprint density at radius 2 is 1.77 bits per heavy atom. The summed E-state index contributed by atoms with van der Waals surface area (Å²) in [6.45, 7) is 1.48. The molecular formula is C18H18F2N2O4. The third-order valence-corrected chi connectivity index (χ3v) is 3.40. The molecule has 0 spiro atoms. The summed E-state index contributed by atoms with van der Waals surface area (Å²) in [5.74, 6) is -1.73. The highest BCUT2D eigenvalue weighted by atomic mass is 19.1. The highest BCUT2D eigenvalue weighted by Crippen LogP contribution is 2.17. The molecular weight excluding hydrogens is 346 g/mol. The van der Waals surface area contributed by atoms with Crippen molar-refractivity contribution in [1.82, 2.24) is 10.9 Å². The molecule has 2 rings (SSSR count). The number of methoxy groups -OCH3 is 1. The number of rotatable bonds is 6. The molecule has 0 aliphatic rings. The predicted octanol–water partition coefficient (Wildman–Crippen LogP) is 2.13. The number of hydrogen-bond donors (Lipinski definition) is 2. The van der Waals surface area contributed by atoms with Crippen LogP contribution in [0.2, 0.25) is 0 Å². The van der Waals surface area contributed by atoms with Crippen molar-refractivity contribution >= 4 is 11.8 Å². The molecule has 0 aliphatic heterocycles. The van der Waals surface area contributed by atoms with Gasteiger partial charge in [-0.05, 0) is 48.9 Å². The van der Waals surface area contributed by atoms with Gasteiger partial charge in [-0.1, -0.05) is 6.07 Å². The highest BCUT2D eigenvalue weighted by Gasteiger charge is 2.16. The molecule has 0 fully saturated rings. The van der Waals surface area contributed by atoms with E-state index in [4.69, 9.17) is 9.47 Å². The molecule has 2 aromatic rings. The van der Waals surface area contributed by atoms with Gasteiger partial charge < -0.3 is 9.47 Å². The van der Waals surface area contributed by atoms with Crippen molar-refractivity contribution in [2.24, 2.45) is 0 Å². The molecule has 0 heterocycles. The number of benzene rings is 2. The van der Waals surface area contributed by atoms with Crippen LogP contribution in [0.3, 0.4) is 0 Å². The Morgan fingerprint density at radius 3 is 2.38 bits per heavy atom. The Morgan fingerprint density at radius 1 is 1.08 bits per heavy atom. The van der Waals surface area contributed by atoms with Gasteiger partial charge in [-0.3, -0.25) is 20.4 Å². The van der Waals surface area contributed by atoms with Crippen molar-refractivity contribution in [3.63, 3.8) is 0 Å². The maximum Gasteiger partial charge on any atom is 0.279 e. The molecule has 0 saturated heterocycles. The zero-order valence-corrected chi connectivity index (χ0v) is 14.2. The van der Waals surface area contributed by atoms with Crippen LogP contribution >= 0.6 is 0 Å². The van der Waals surface area contributed by atoms with Crippen LogP contribution in [0.15, 0.2) is 42.5 Å². The zero-order valence-electron chi connectivity index (χ0n) is 14.2. The lowest BCUT2D eigenvalue weighted by atomic mass is 10.1. The molecule has 26 heavy (non-hydrogen) atoms. The number of carbonyl (C=O) groups is 2. The molecule has 1 atom stereocenters. The van der Waals surface area contributed by atoms with Crippen LogP contribution in [0.5, 0.6) is 11.5 Å². The summed E-state index contributed by atoms with van der Waals surface area (Å²) in [6, 6.07) is 9.32. The van der Waals surface area contributed by atoms with Crippen molar-refractivity contribution in [3.05, 3.63) is 59.7 Å². The Balaban J connectivity index is 1.81. The Kier molecular flexibility index (Phi) is 6.48. The van der Waals surface area contributed by atoms with Gasteiger partial charge in [-0.15, -0.1) is 0 Å². The van der Waals surface area contributed by atoms with Gasteiger partial charge in [0, 0.05) is 0 Å². The molecule has 0 aromatic heterocycles. The van der Waals surface area contributed by atoms with E-state index in [9.17, 15) is 18.4 Å². The average molecular weight is 364 g/mol. The van der Waals surface area contributed by atoms with Crippen LogP contribution < -0.4 is 20.3 Å². The van der Waals surface area contributed by atoms with Gasteiger partial charge in [-0.25, -0.2) is 8.78 Å². The highest BCUT2D eigenvalue weighted by molar-refractivity contribution is 5.85. The Labute approximate surface area is 149 Å². The zero-order chi connectivity index (χ0) is 19.1. The van der Waals surface area contributed by atoms with Gasteiger partial charge in [0.25, 0.3) is 5.91 Å². The third-order valence-electron chi connectivity index (χ3n) is 3.40. The largest absolute Gasteiger partial charge is 0.494 e. The van der Waals surface area contributed by atoms with E-state index in [-0.39, 0.29) is 12.2 Å². The smallest absolute Gasteiger partial charge is 0.279 e. The molecule has 138 valence electrons. The SMILES string of the molecule is COc1ccc(CC(=O)NNC(=O)[C@@H](C)Oc2ccc(F)cc2)cc1F. The maximum atomic E-state index is 13.6. The van der Waals surface area contributed by atoms with E-state index in [1.165, 1.54) is 50.4 Å². The molecule has 2 N–H and O–H groups in total. The van der Waals surface area contributed by atoms with E-state index in [2.05, 4.69) is 10.9 Å². The topological polar surface area (TPSA) is 76.7 Å². The van der Waals surface area contributed by atoms with Crippen LogP contribution in [0, 0.1) is 11.6 Å². The molecule has 0 bridgehead atoms. The fraction of sp³-hybridized carbons (Fsp3) is 0.222. The first-order valence-corrected chi connectivity index (χ1v) is 7.72. The minimum atomic E-state index is -0.917. The lowest BCUT2D eigenvalue weighted by Gasteiger charge is -2.15. The third kappa shape index (κ3) is 5.44. The second kappa shape index (κ2) is 8.80.